The number of sulfonamides is 1. The molecule has 1 aliphatic rings. The molecule has 0 aliphatic heterocycles. The maximum Gasteiger partial charge on any atom is 0.240 e. The molecule has 1 atom stereocenters. The monoisotopic (exact) mass is 316 g/mol. The van der Waals surface area contributed by atoms with Gasteiger partial charge in [-0.15, -0.1) is 0 Å². The Morgan fingerprint density at radius 3 is 2.65 bits per heavy atom. The van der Waals surface area contributed by atoms with E-state index < -0.39 is 10.0 Å². The summed E-state index contributed by atoms with van der Waals surface area (Å²) in [6.07, 6.45) is 4.15. The standard InChI is InChI=1S/C14H21ClN2O2S/c1-2-12(7-10-3-4-10)17-20(18,19)13-6-5-11(9-16)14(15)8-13/h5-6,8,10,12,17H,2-4,7,9,16H2,1H3. The molecule has 112 valence electrons. The van der Waals surface area contributed by atoms with Crippen LogP contribution < -0.4 is 10.5 Å². The molecule has 2 rings (SSSR count). The van der Waals surface area contributed by atoms with Crippen molar-refractivity contribution in [1.29, 1.82) is 0 Å². The molecule has 0 saturated heterocycles. The molecule has 3 N–H and O–H groups in total. The van der Waals surface area contributed by atoms with Crippen LogP contribution >= 0.6 is 11.6 Å². The van der Waals surface area contributed by atoms with Crippen LogP contribution in [0.15, 0.2) is 23.1 Å². The van der Waals surface area contributed by atoms with Gasteiger partial charge in [0, 0.05) is 17.6 Å². The molecular weight excluding hydrogens is 296 g/mol. The van der Waals surface area contributed by atoms with Gasteiger partial charge in [-0.2, -0.15) is 0 Å². The molecule has 1 saturated carbocycles. The zero-order valence-corrected chi connectivity index (χ0v) is 13.2. The Kier molecular flexibility index (Phi) is 5.07. The van der Waals surface area contributed by atoms with Crippen molar-refractivity contribution < 1.29 is 8.42 Å². The van der Waals surface area contributed by atoms with Crippen molar-refractivity contribution in [2.75, 3.05) is 0 Å². The molecule has 0 spiro atoms. The molecule has 1 aromatic rings. The summed E-state index contributed by atoms with van der Waals surface area (Å²) in [6, 6.07) is 4.69. The van der Waals surface area contributed by atoms with Crippen LogP contribution in [-0.4, -0.2) is 14.5 Å². The van der Waals surface area contributed by atoms with E-state index in [2.05, 4.69) is 4.72 Å². The van der Waals surface area contributed by atoms with Gasteiger partial charge in [0.15, 0.2) is 0 Å². The molecule has 20 heavy (non-hydrogen) atoms. The first kappa shape index (κ1) is 15.8. The maximum absolute atomic E-state index is 12.4. The lowest BCUT2D eigenvalue weighted by Gasteiger charge is -2.17. The summed E-state index contributed by atoms with van der Waals surface area (Å²) in [4.78, 5) is 0.203. The highest BCUT2D eigenvalue weighted by Gasteiger charge is 2.27. The van der Waals surface area contributed by atoms with Crippen molar-refractivity contribution in [3.05, 3.63) is 28.8 Å². The van der Waals surface area contributed by atoms with Crippen molar-refractivity contribution in [1.82, 2.24) is 4.72 Å². The number of hydrogen-bond acceptors (Lipinski definition) is 3. The van der Waals surface area contributed by atoms with Crippen LogP contribution in [0.4, 0.5) is 0 Å². The lowest BCUT2D eigenvalue weighted by Crippen LogP contribution is -2.34. The van der Waals surface area contributed by atoms with E-state index in [0.717, 1.165) is 18.4 Å². The number of hydrogen-bond donors (Lipinski definition) is 2. The number of benzene rings is 1. The molecule has 4 nitrogen and oxygen atoms in total. The van der Waals surface area contributed by atoms with E-state index in [4.69, 9.17) is 17.3 Å². The van der Waals surface area contributed by atoms with Gasteiger partial charge in [0.25, 0.3) is 0 Å². The normalized spacial score (nSPS) is 17.1. The van der Waals surface area contributed by atoms with Crippen molar-refractivity contribution >= 4 is 21.6 Å². The molecule has 1 aliphatic carbocycles. The highest BCUT2D eigenvalue weighted by Crippen LogP contribution is 2.34. The second kappa shape index (κ2) is 6.43. The molecular formula is C14H21ClN2O2S. The predicted molar refractivity (Wildman–Crippen MR) is 81.1 cm³/mol. The molecule has 1 unspecified atom stereocenters. The molecule has 0 aromatic heterocycles. The van der Waals surface area contributed by atoms with Crippen molar-refractivity contribution in [3.63, 3.8) is 0 Å². The third-order valence-corrected chi connectivity index (χ3v) is 5.55. The van der Waals surface area contributed by atoms with Crippen molar-refractivity contribution in [2.24, 2.45) is 11.7 Å². The molecule has 6 heteroatoms. The molecule has 0 heterocycles. The molecule has 1 aromatic carbocycles. The van der Waals surface area contributed by atoms with Crippen molar-refractivity contribution in [3.8, 4) is 0 Å². The van der Waals surface area contributed by atoms with Gasteiger partial charge in [0.1, 0.15) is 0 Å². The van der Waals surface area contributed by atoms with Crippen LogP contribution in [0.3, 0.4) is 0 Å². The van der Waals surface area contributed by atoms with E-state index in [-0.39, 0.29) is 10.9 Å². The second-order valence-electron chi connectivity index (χ2n) is 5.36. The summed E-state index contributed by atoms with van der Waals surface area (Å²) in [6.45, 7) is 2.30. The van der Waals surface area contributed by atoms with Gasteiger partial charge in [-0.25, -0.2) is 13.1 Å². The van der Waals surface area contributed by atoms with Crippen molar-refractivity contribution in [2.45, 2.75) is 50.1 Å². The van der Waals surface area contributed by atoms with Gasteiger partial charge in [0.05, 0.1) is 4.90 Å². The smallest absolute Gasteiger partial charge is 0.240 e. The molecule has 0 amide bonds. The Morgan fingerprint density at radius 1 is 1.45 bits per heavy atom. The minimum atomic E-state index is -3.51. The van der Waals surface area contributed by atoms with E-state index in [1.165, 1.54) is 18.9 Å². The van der Waals surface area contributed by atoms with E-state index in [1.807, 2.05) is 6.92 Å². The van der Waals surface area contributed by atoms with Crippen LogP contribution in [0.2, 0.25) is 5.02 Å². The summed E-state index contributed by atoms with van der Waals surface area (Å²) < 4.78 is 27.5. The average Bonchev–Trinajstić information content (AvgIpc) is 3.21. The van der Waals surface area contributed by atoms with Gasteiger partial charge in [-0.05, 0) is 36.5 Å². The topological polar surface area (TPSA) is 72.2 Å². The maximum atomic E-state index is 12.4. The Morgan fingerprint density at radius 2 is 2.15 bits per heavy atom. The van der Waals surface area contributed by atoms with Gasteiger partial charge in [-0.1, -0.05) is 37.4 Å². The van der Waals surface area contributed by atoms with Crippen LogP contribution in [-0.2, 0) is 16.6 Å². The Labute approximate surface area is 125 Å². The average molecular weight is 317 g/mol. The Bertz CT molecular complexity index is 571. The summed E-state index contributed by atoms with van der Waals surface area (Å²) >= 11 is 6.03. The fourth-order valence-electron chi connectivity index (χ4n) is 2.20. The Balaban J connectivity index is 2.13. The minimum absolute atomic E-state index is 0.000426. The van der Waals surface area contributed by atoms with E-state index in [1.54, 1.807) is 12.1 Å². The first-order chi connectivity index (χ1) is 9.46. The summed E-state index contributed by atoms with van der Waals surface area (Å²) in [5.41, 5.74) is 6.27. The quantitative estimate of drug-likeness (QED) is 0.812. The highest BCUT2D eigenvalue weighted by molar-refractivity contribution is 7.89. The summed E-state index contributed by atoms with van der Waals surface area (Å²) in [5, 5.41) is 0.394. The van der Waals surface area contributed by atoms with E-state index >= 15 is 0 Å². The predicted octanol–water partition coefficient (Wildman–Crippen LogP) is 2.66. The molecule has 0 bridgehead atoms. The first-order valence-corrected chi connectivity index (χ1v) is 8.83. The number of nitrogens with two attached hydrogens (primary N) is 1. The Hall–Kier alpha value is -0.620. The third-order valence-electron chi connectivity index (χ3n) is 3.68. The zero-order chi connectivity index (χ0) is 14.8. The number of nitrogens with one attached hydrogen (secondary N) is 1. The van der Waals surface area contributed by atoms with Crippen LogP contribution in [0.1, 0.15) is 38.2 Å². The summed E-state index contributed by atoms with van der Waals surface area (Å²) in [7, 11) is -3.51. The minimum Gasteiger partial charge on any atom is -0.326 e. The van der Waals surface area contributed by atoms with Gasteiger partial charge in [0.2, 0.25) is 10.0 Å². The second-order valence-corrected chi connectivity index (χ2v) is 7.48. The lowest BCUT2D eigenvalue weighted by molar-refractivity contribution is 0.495. The summed E-state index contributed by atoms with van der Waals surface area (Å²) in [5.74, 6) is 0.686. The molecule has 0 radical (unpaired) electrons. The first-order valence-electron chi connectivity index (χ1n) is 6.97. The number of rotatable bonds is 7. The van der Waals surface area contributed by atoms with E-state index in [9.17, 15) is 8.42 Å². The van der Waals surface area contributed by atoms with Gasteiger partial charge >= 0.3 is 0 Å². The lowest BCUT2D eigenvalue weighted by atomic mass is 10.1. The SMILES string of the molecule is CCC(CC1CC1)NS(=O)(=O)c1ccc(CN)c(Cl)c1. The van der Waals surface area contributed by atoms with Gasteiger partial charge < -0.3 is 5.73 Å². The molecule has 1 fully saturated rings. The highest BCUT2D eigenvalue weighted by atomic mass is 35.5. The van der Waals surface area contributed by atoms with Crippen LogP contribution in [0.25, 0.3) is 0 Å². The van der Waals surface area contributed by atoms with Crippen LogP contribution in [0.5, 0.6) is 0 Å². The van der Waals surface area contributed by atoms with E-state index in [0.29, 0.717) is 17.5 Å². The fourth-order valence-corrected chi connectivity index (χ4v) is 3.88. The zero-order valence-electron chi connectivity index (χ0n) is 11.6. The van der Waals surface area contributed by atoms with Crippen LogP contribution in [0, 0.1) is 5.92 Å². The fraction of sp³-hybridized carbons (Fsp3) is 0.571. The third kappa shape index (κ3) is 3.95. The largest absolute Gasteiger partial charge is 0.326 e. The number of halogens is 1. The van der Waals surface area contributed by atoms with Gasteiger partial charge in [-0.3, -0.25) is 0 Å².